The van der Waals surface area contributed by atoms with Crippen LogP contribution in [0.5, 0.6) is 5.75 Å². The number of carbonyl (C=O) groups excluding carboxylic acids is 3. The number of ketones is 1. The fourth-order valence-corrected chi connectivity index (χ4v) is 2.10. The van der Waals surface area contributed by atoms with Gasteiger partial charge in [0, 0.05) is 0 Å². The molecule has 0 saturated carbocycles. The summed E-state index contributed by atoms with van der Waals surface area (Å²) in [5, 5.41) is 1.82. The highest BCUT2D eigenvalue weighted by molar-refractivity contribution is 8.18. The highest BCUT2D eigenvalue weighted by Crippen LogP contribution is 2.26. The van der Waals surface area contributed by atoms with Crippen molar-refractivity contribution in [2.75, 3.05) is 6.61 Å². The Hall–Kier alpha value is -2.08. The van der Waals surface area contributed by atoms with Gasteiger partial charge in [0.25, 0.3) is 11.1 Å². The number of benzene rings is 1. The normalized spacial score (nSPS) is 15.3. The van der Waals surface area contributed by atoms with E-state index in [1.165, 1.54) is 6.92 Å². The van der Waals surface area contributed by atoms with Gasteiger partial charge < -0.3 is 4.74 Å². The topological polar surface area (TPSA) is 72.5 Å². The van der Waals surface area contributed by atoms with Crippen LogP contribution < -0.4 is 10.1 Å². The van der Waals surface area contributed by atoms with Gasteiger partial charge in [-0.25, -0.2) is 0 Å². The van der Waals surface area contributed by atoms with Crippen molar-refractivity contribution in [3.63, 3.8) is 0 Å². The highest BCUT2D eigenvalue weighted by Gasteiger charge is 2.24. The van der Waals surface area contributed by atoms with Crippen molar-refractivity contribution in [1.82, 2.24) is 5.32 Å². The number of amides is 2. The number of rotatable bonds is 4. The Morgan fingerprint density at radius 3 is 2.33 bits per heavy atom. The lowest BCUT2D eigenvalue weighted by Gasteiger charge is -2.03. The van der Waals surface area contributed by atoms with Gasteiger partial charge >= 0.3 is 0 Å². The largest absolute Gasteiger partial charge is 0.486 e. The molecule has 0 atom stereocenters. The van der Waals surface area contributed by atoms with Gasteiger partial charge in [0.15, 0.2) is 5.78 Å². The molecule has 1 fully saturated rings. The molecule has 0 aromatic heterocycles. The average molecular weight is 307 g/mol. The molecule has 2 rings (SSSR count). The van der Waals surface area contributed by atoms with E-state index in [-0.39, 0.29) is 23.5 Å². The minimum atomic E-state index is -0.382. The molecule has 1 aromatic carbocycles. The first-order valence-corrected chi connectivity index (χ1v) is 7.33. The summed E-state index contributed by atoms with van der Waals surface area (Å²) in [4.78, 5) is 33.5. The molecule has 1 aliphatic heterocycles. The van der Waals surface area contributed by atoms with Crippen LogP contribution in [-0.2, 0) is 9.59 Å². The van der Waals surface area contributed by atoms with Gasteiger partial charge in [-0.05, 0) is 42.5 Å². The van der Waals surface area contributed by atoms with E-state index < -0.39 is 0 Å². The monoisotopic (exact) mass is 307 g/mol. The minimum absolute atomic E-state index is 0.0349. The summed E-state index contributed by atoms with van der Waals surface area (Å²) in [6, 6.07) is 6.90. The molecule has 21 heavy (non-hydrogen) atoms. The van der Waals surface area contributed by atoms with E-state index in [9.17, 15) is 14.4 Å². The van der Waals surface area contributed by atoms with Gasteiger partial charge in [0.05, 0.1) is 4.91 Å². The predicted molar refractivity (Wildman–Crippen MR) is 83.1 cm³/mol. The molecule has 5 nitrogen and oxygen atoms in total. The lowest BCUT2D eigenvalue weighted by atomic mass is 10.2. The Morgan fingerprint density at radius 2 is 1.86 bits per heavy atom. The zero-order valence-electron chi connectivity index (χ0n) is 12.1. The molecule has 112 valence electrons. The van der Waals surface area contributed by atoms with Crippen molar-refractivity contribution in [1.29, 1.82) is 0 Å². The van der Waals surface area contributed by atoms with E-state index >= 15 is 0 Å². The molecular formula is C15H17NO4S. The van der Waals surface area contributed by atoms with Gasteiger partial charge in [-0.1, -0.05) is 26.0 Å². The SMILES string of the molecule is CC.CC(=O)COc1ccc(/C=C2/SC(=O)NC2=O)cc1. The molecule has 0 unspecified atom stereocenters. The number of nitrogens with one attached hydrogen (secondary N) is 1. The maximum atomic E-state index is 11.4. The zero-order valence-corrected chi connectivity index (χ0v) is 13.0. The van der Waals surface area contributed by atoms with Crippen molar-refractivity contribution >= 4 is 34.8 Å². The Kier molecular flexibility index (Phi) is 6.68. The first-order valence-electron chi connectivity index (χ1n) is 6.52. The van der Waals surface area contributed by atoms with Gasteiger partial charge in [-0.3, -0.25) is 19.7 Å². The number of hydrogen-bond acceptors (Lipinski definition) is 5. The third kappa shape index (κ3) is 5.43. The predicted octanol–water partition coefficient (Wildman–Crippen LogP) is 3.00. The zero-order chi connectivity index (χ0) is 15.8. The quantitative estimate of drug-likeness (QED) is 0.866. The van der Waals surface area contributed by atoms with Gasteiger partial charge in [-0.15, -0.1) is 0 Å². The first kappa shape index (κ1) is 17.0. The van der Waals surface area contributed by atoms with Crippen LogP contribution >= 0.6 is 11.8 Å². The standard InChI is InChI=1S/C13H11NO4S.C2H6/c1-8(15)7-18-10-4-2-9(3-5-10)6-11-12(16)14-13(17)19-11;1-2/h2-6H,7H2,1H3,(H,14,16,17);1-2H3/b11-6+;. The highest BCUT2D eigenvalue weighted by atomic mass is 32.2. The Balaban J connectivity index is 0.00000106. The van der Waals surface area contributed by atoms with Crippen LogP contribution in [0.4, 0.5) is 4.79 Å². The third-order valence-electron chi connectivity index (χ3n) is 2.26. The molecule has 1 aromatic rings. The second kappa shape index (κ2) is 8.26. The Morgan fingerprint density at radius 1 is 1.24 bits per heavy atom. The first-order chi connectivity index (χ1) is 10.0. The van der Waals surface area contributed by atoms with Crippen LogP contribution in [0.2, 0.25) is 0 Å². The molecule has 1 N–H and O–H groups in total. The molecule has 0 radical (unpaired) electrons. The van der Waals surface area contributed by atoms with Crippen LogP contribution in [0, 0.1) is 0 Å². The van der Waals surface area contributed by atoms with Crippen LogP contribution in [0.3, 0.4) is 0 Å². The summed E-state index contributed by atoms with van der Waals surface area (Å²) in [5.41, 5.74) is 0.780. The second-order valence-electron chi connectivity index (χ2n) is 3.91. The lowest BCUT2D eigenvalue weighted by Crippen LogP contribution is -2.17. The maximum absolute atomic E-state index is 11.4. The van der Waals surface area contributed by atoms with E-state index in [1.807, 2.05) is 13.8 Å². The fraction of sp³-hybridized carbons (Fsp3) is 0.267. The molecule has 1 saturated heterocycles. The van der Waals surface area contributed by atoms with E-state index in [2.05, 4.69) is 5.32 Å². The Bertz CT molecular complexity index is 564. The van der Waals surface area contributed by atoms with Crippen LogP contribution in [-0.4, -0.2) is 23.5 Å². The molecule has 6 heteroatoms. The number of hydrogen-bond donors (Lipinski definition) is 1. The van der Waals surface area contributed by atoms with Crippen molar-refractivity contribution < 1.29 is 19.1 Å². The summed E-state index contributed by atoms with van der Waals surface area (Å²) < 4.78 is 5.22. The number of thioether (sulfide) groups is 1. The number of Topliss-reactive ketones (excluding diaryl/α,β-unsaturated/α-hetero) is 1. The van der Waals surface area contributed by atoms with E-state index in [0.717, 1.165) is 17.3 Å². The molecule has 0 aliphatic carbocycles. The van der Waals surface area contributed by atoms with Crippen LogP contribution in [0.25, 0.3) is 6.08 Å². The van der Waals surface area contributed by atoms with Crippen molar-refractivity contribution in [3.05, 3.63) is 34.7 Å². The smallest absolute Gasteiger partial charge is 0.290 e. The number of imide groups is 1. The van der Waals surface area contributed by atoms with Crippen molar-refractivity contribution in [2.24, 2.45) is 0 Å². The van der Waals surface area contributed by atoms with E-state index in [0.29, 0.717) is 10.7 Å². The average Bonchev–Trinajstić information content (AvgIpc) is 2.78. The van der Waals surface area contributed by atoms with Crippen LogP contribution in [0.1, 0.15) is 26.3 Å². The van der Waals surface area contributed by atoms with Crippen molar-refractivity contribution in [3.8, 4) is 5.75 Å². The summed E-state index contributed by atoms with van der Waals surface area (Å²) in [6.45, 7) is 5.49. The third-order valence-corrected chi connectivity index (χ3v) is 3.07. The molecule has 1 heterocycles. The van der Waals surface area contributed by atoms with Crippen molar-refractivity contribution in [2.45, 2.75) is 20.8 Å². The molecule has 0 spiro atoms. The summed E-state index contributed by atoms with van der Waals surface area (Å²) >= 11 is 0.872. The minimum Gasteiger partial charge on any atom is -0.486 e. The molecule has 0 bridgehead atoms. The molecule has 1 aliphatic rings. The van der Waals surface area contributed by atoms with Crippen LogP contribution in [0.15, 0.2) is 29.2 Å². The lowest BCUT2D eigenvalue weighted by molar-refractivity contribution is -0.119. The van der Waals surface area contributed by atoms with Gasteiger partial charge in [-0.2, -0.15) is 0 Å². The number of carbonyl (C=O) groups is 3. The summed E-state index contributed by atoms with van der Waals surface area (Å²) in [7, 11) is 0. The second-order valence-corrected chi connectivity index (χ2v) is 4.93. The van der Waals surface area contributed by atoms with Gasteiger partial charge in [0.2, 0.25) is 0 Å². The van der Waals surface area contributed by atoms with E-state index in [4.69, 9.17) is 4.74 Å². The summed E-state index contributed by atoms with van der Waals surface area (Å²) in [6.07, 6.45) is 1.62. The molecular weight excluding hydrogens is 290 g/mol. The fourth-order valence-electron chi connectivity index (χ4n) is 1.42. The van der Waals surface area contributed by atoms with Gasteiger partial charge in [0.1, 0.15) is 12.4 Å². The Labute approximate surface area is 127 Å². The molecule has 2 amide bonds. The maximum Gasteiger partial charge on any atom is 0.290 e. The summed E-state index contributed by atoms with van der Waals surface area (Å²) in [5.74, 6) is 0.146. The number of ether oxygens (including phenoxy) is 1. The van der Waals surface area contributed by atoms with E-state index in [1.54, 1.807) is 30.3 Å².